The maximum Gasteiger partial charge on any atom is 0.258 e. The number of aryl methyl sites for hydroxylation is 1. The van der Waals surface area contributed by atoms with Gasteiger partial charge in [-0.2, -0.15) is 0 Å². The molecule has 0 atom stereocenters. The summed E-state index contributed by atoms with van der Waals surface area (Å²) in [4.78, 5) is 18.3. The second-order valence-corrected chi connectivity index (χ2v) is 4.98. The van der Waals surface area contributed by atoms with Crippen LogP contribution in [-0.4, -0.2) is 17.4 Å². The van der Waals surface area contributed by atoms with Gasteiger partial charge in [-0.05, 0) is 38.1 Å². The molecule has 0 fully saturated rings. The lowest BCUT2D eigenvalue weighted by atomic mass is 10.1. The van der Waals surface area contributed by atoms with Gasteiger partial charge in [0.1, 0.15) is 11.0 Å². The molecule has 110 valence electrons. The molecule has 1 aromatic carbocycles. The van der Waals surface area contributed by atoms with E-state index in [2.05, 4.69) is 10.4 Å². The number of nitrogen functional groups attached to an aromatic ring is 1. The van der Waals surface area contributed by atoms with E-state index in [0.717, 1.165) is 11.3 Å². The van der Waals surface area contributed by atoms with Crippen molar-refractivity contribution in [3.8, 4) is 0 Å². The quantitative estimate of drug-likeness (QED) is 0.517. The second kappa shape index (κ2) is 6.56. The Morgan fingerprint density at radius 2 is 2.00 bits per heavy atom. The molecule has 0 aliphatic heterocycles. The first kappa shape index (κ1) is 15.3. The summed E-state index contributed by atoms with van der Waals surface area (Å²) in [6, 6.07) is 10.9. The Bertz CT molecular complexity index is 643. The summed E-state index contributed by atoms with van der Waals surface area (Å²) in [5, 5.41) is 0.216. The van der Waals surface area contributed by atoms with Gasteiger partial charge in [0.25, 0.3) is 5.91 Å². The summed E-state index contributed by atoms with van der Waals surface area (Å²) in [5.74, 6) is 5.53. The molecule has 0 radical (unpaired) electrons. The smallest absolute Gasteiger partial charge is 0.258 e. The molecule has 2 rings (SSSR count). The molecule has 0 saturated carbocycles. The Labute approximate surface area is 128 Å². The van der Waals surface area contributed by atoms with E-state index < -0.39 is 0 Å². The maximum absolute atomic E-state index is 12.7. The monoisotopic (exact) mass is 304 g/mol. The predicted octanol–water partition coefficient (Wildman–Crippen LogP) is 3.00. The summed E-state index contributed by atoms with van der Waals surface area (Å²) < 4.78 is 0. The fourth-order valence-corrected chi connectivity index (χ4v) is 2.23. The number of carbonyl (C=O) groups excluding carboxylic acids is 1. The van der Waals surface area contributed by atoms with E-state index in [1.807, 2.05) is 38.1 Å². The number of hydrogen-bond acceptors (Lipinski definition) is 4. The number of halogens is 1. The van der Waals surface area contributed by atoms with Gasteiger partial charge in [0.05, 0.1) is 0 Å². The average Bonchev–Trinajstić information content (AvgIpc) is 2.49. The molecule has 5 nitrogen and oxygen atoms in total. The zero-order valence-corrected chi connectivity index (χ0v) is 12.7. The number of hydrazine groups is 1. The van der Waals surface area contributed by atoms with E-state index in [-0.39, 0.29) is 11.1 Å². The number of amides is 1. The van der Waals surface area contributed by atoms with Gasteiger partial charge in [-0.3, -0.25) is 4.79 Å². The minimum absolute atomic E-state index is 0.151. The lowest BCUT2D eigenvalue weighted by Gasteiger charge is -2.21. The summed E-state index contributed by atoms with van der Waals surface area (Å²) in [7, 11) is 0. The maximum atomic E-state index is 12.7. The standard InChI is InChI=1S/C15H17ClN4O/c1-3-20(12-6-4-10(2)5-7-12)15(21)11-8-13(16)18-14(9-11)19-17/h4-9H,3,17H2,1-2H3,(H,18,19). The van der Waals surface area contributed by atoms with Gasteiger partial charge in [0.15, 0.2) is 0 Å². The van der Waals surface area contributed by atoms with E-state index in [9.17, 15) is 4.79 Å². The van der Waals surface area contributed by atoms with Crippen LogP contribution in [0.25, 0.3) is 0 Å². The van der Waals surface area contributed by atoms with Gasteiger partial charge in [0, 0.05) is 17.8 Å². The number of rotatable bonds is 4. The van der Waals surface area contributed by atoms with Crippen molar-refractivity contribution in [2.24, 2.45) is 5.84 Å². The Balaban J connectivity index is 2.36. The Morgan fingerprint density at radius 1 is 1.33 bits per heavy atom. The van der Waals surface area contributed by atoms with Crippen LogP contribution < -0.4 is 16.2 Å². The van der Waals surface area contributed by atoms with E-state index in [1.54, 1.807) is 11.0 Å². The SMILES string of the molecule is CCN(C(=O)c1cc(Cl)nc(NN)c1)c1ccc(C)cc1. The minimum atomic E-state index is -0.151. The Kier molecular flexibility index (Phi) is 4.77. The van der Waals surface area contributed by atoms with Crippen LogP contribution in [0, 0.1) is 6.92 Å². The van der Waals surface area contributed by atoms with Crippen LogP contribution in [0.1, 0.15) is 22.8 Å². The first-order valence-electron chi connectivity index (χ1n) is 6.58. The number of anilines is 2. The van der Waals surface area contributed by atoms with Crippen molar-refractivity contribution >= 4 is 29.0 Å². The molecule has 3 N–H and O–H groups in total. The first-order chi connectivity index (χ1) is 10.0. The number of nitrogens with two attached hydrogens (primary N) is 1. The highest BCUT2D eigenvalue weighted by Crippen LogP contribution is 2.20. The highest BCUT2D eigenvalue weighted by Gasteiger charge is 2.17. The number of nitrogens with one attached hydrogen (secondary N) is 1. The molecule has 6 heteroatoms. The fraction of sp³-hybridized carbons (Fsp3) is 0.200. The second-order valence-electron chi connectivity index (χ2n) is 4.59. The third-order valence-corrected chi connectivity index (χ3v) is 3.29. The molecule has 1 aromatic heterocycles. The number of aromatic nitrogens is 1. The Hall–Kier alpha value is -2.11. The zero-order chi connectivity index (χ0) is 15.4. The van der Waals surface area contributed by atoms with Crippen LogP contribution in [0.15, 0.2) is 36.4 Å². The molecular formula is C15H17ClN4O. The van der Waals surface area contributed by atoms with Crippen molar-refractivity contribution in [2.75, 3.05) is 16.9 Å². The lowest BCUT2D eigenvalue weighted by Crippen LogP contribution is -2.30. The topological polar surface area (TPSA) is 71.2 Å². The third kappa shape index (κ3) is 3.51. The van der Waals surface area contributed by atoms with Crippen LogP contribution in [0.3, 0.4) is 0 Å². The molecule has 0 aliphatic rings. The minimum Gasteiger partial charge on any atom is -0.309 e. The van der Waals surface area contributed by atoms with Gasteiger partial charge in [-0.15, -0.1) is 0 Å². The summed E-state index contributed by atoms with van der Waals surface area (Å²) in [5.41, 5.74) is 4.82. The zero-order valence-electron chi connectivity index (χ0n) is 11.9. The van der Waals surface area contributed by atoms with Crippen LogP contribution >= 0.6 is 11.6 Å². The number of carbonyl (C=O) groups is 1. The average molecular weight is 305 g/mol. The molecular weight excluding hydrogens is 288 g/mol. The van der Waals surface area contributed by atoms with Crippen LogP contribution in [0.5, 0.6) is 0 Å². The first-order valence-corrected chi connectivity index (χ1v) is 6.95. The highest BCUT2D eigenvalue weighted by atomic mass is 35.5. The van der Waals surface area contributed by atoms with Crippen LogP contribution in [0.2, 0.25) is 5.15 Å². The summed E-state index contributed by atoms with van der Waals surface area (Å²) >= 11 is 5.91. The predicted molar refractivity (Wildman–Crippen MR) is 85.6 cm³/mol. The van der Waals surface area contributed by atoms with Crippen molar-refractivity contribution in [3.63, 3.8) is 0 Å². The van der Waals surface area contributed by atoms with Crippen molar-refractivity contribution in [2.45, 2.75) is 13.8 Å². The van der Waals surface area contributed by atoms with E-state index >= 15 is 0 Å². The largest absolute Gasteiger partial charge is 0.309 e. The van der Waals surface area contributed by atoms with Gasteiger partial charge >= 0.3 is 0 Å². The van der Waals surface area contributed by atoms with Gasteiger partial charge in [-0.1, -0.05) is 29.3 Å². The molecule has 1 heterocycles. The molecule has 0 saturated heterocycles. The van der Waals surface area contributed by atoms with Crippen molar-refractivity contribution in [1.29, 1.82) is 0 Å². The summed E-state index contributed by atoms with van der Waals surface area (Å²) in [6.45, 7) is 4.47. The normalized spacial score (nSPS) is 10.3. The Morgan fingerprint density at radius 3 is 2.57 bits per heavy atom. The van der Waals surface area contributed by atoms with Gasteiger partial charge < -0.3 is 10.3 Å². The fourth-order valence-electron chi connectivity index (χ4n) is 2.02. The summed E-state index contributed by atoms with van der Waals surface area (Å²) in [6.07, 6.45) is 0. The molecule has 0 bridgehead atoms. The third-order valence-electron chi connectivity index (χ3n) is 3.10. The molecule has 0 aliphatic carbocycles. The molecule has 0 unspecified atom stereocenters. The molecule has 1 amide bonds. The number of pyridine rings is 1. The number of benzene rings is 1. The van der Waals surface area contributed by atoms with Crippen LogP contribution in [0.4, 0.5) is 11.5 Å². The van der Waals surface area contributed by atoms with Crippen molar-refractivity contribution < 1.29 is 4.79 Å². The van der Waals surface area contributed by atoms with E-state index in [4.69, 9.17) is 17.4 Å². The molecule has 0 spiro atoms. The van der Waals surface area contributed by atoms with Crippen molar-refractivity contribution in [1.82, 2.24) is 4.98 Å². The van der Waals surface area contributed by atoms with Crippen LogP contribution in [-0.2, 0) is 0 Å². The van der Waals surface area contributed by atoms with Gasteiger partial charge in [-0.25, -0.2) is 10.8 Å². The van der Waals surface area contributed by atoms with E-state index in [0.29, 0.717) is 17.9 Å². The van der Waals surface area contributed by atoms with Crippen molar-refractivity contribution in [3.05, 3.63) is 52.7 Å². The highest BCUT2D eigenvalue weighted by molar-refractivity contribution is 6.30. The van der Waals surface area contributed by atoms with Gasteiger partial charge in [0.2, 0.25) is 0 Å². The number of nitrogens with zero attached hydrogens (tertiary/aromatic N) is 2. The van der Waals surface area contributed by atoms with E-state index in [1.165, 1.54) is 6.07 Å². The number of hydrogen-bond donors (Lipinski definition) is 2. The molecule has 21 heavy (non-hydrogen) atoms. The molecule has 2 aromatic rings. The lowest BCUT2D eigenvalue weighted by molar-refractivity contribution is 0.0988.